The van der Waals surface area contributed by atoms with Gasteiger partial charge in [-0.1, -0.05) is 35.9 Å². The maximum atomic E-state index is 11.8. The van der Waals surface area contributed by atoms with E-state index in [4.69, 9.17) is 11.6 Å². The summed E-state index contributed by atoms with van der Waals surface area (Å²) in [5.74, 6) is 0. The van der Waals surface area contributed by atoms with Gasteiger partial charge < -0.3 is 10.4 Å². The second-order valence-electron chi connectivity index (χ2n) is 4.64. The molecular formula is C12H17ClNNaO. The van der Waals surface area contributed by atoms with Crippen LogP contribution in [0.5, 0.6) is 0 Å². The maximum absolute atomic E-state index is 11.8. The van der Waals surface area contributed by atoms with Gasteiger partial charge in [-0.2, -0.15) is 0 Å². The van der Waals surface area contributed by atoms with Crippen LogP contribution in [0.2, 0.25) is 5.02 Å². The van der Waals surface area contributed by atoms with E-state index in [1.807, 2.05) is 32.9 Å². The van der Waals surface area contributed by atoms with E-state index >= 15 is 0 Å². The molecule has 0 heterocycles. The van der Waals surface area contributed by atoms with Gasteiger partial charge in [-0.25, -0.2) is 0 Å². The number of hydrogen-bond acceptors (Lipinski definition) is 2. The first kappa shape index (κ1) is 16.4. The molecule has 0 bridgehead atoms. The summed E-state index contributed by atoms with van der Waals surface area (Å²) in [7, 11) is 0. The Balaban J connectivity index is 0.00000225. The van der Waals surface area contributed by atoms with Crippen molar-refractivity contribution < 1.29 is 34.7 Å². The Bertz CT molecular complexity index is 325. The van der Waals surface area contributed by atoms with Gasteiger partial charge in [-0.15, -0.1) is 0 Å². The SMILES string of the molecule is CC(C)(C)NCC([O-])c1ccccc1Cl.[Na+]. The number of benzene rings is 1. The van der Waals surface area contributed by atoms with Crippen LogP contribution in [0.3, 0.4) is 0 Å². The first-order valence-electron chi connectivity index (χ1n) is 5.05. The first-order chi connectivity index (χ1) is 6.90. The molecule has 1 unspecified atom stereocenters. The van der Waals surface area contributed by atoms with Crippen LogP contribution in [-0.4, -0.2) is 12.1 Å². The molecule has 0 spiro atoms. The molecule has 1 aromatic carbocycles. The summed E-state index contributed by atoms with van der Waals surface area (Å²) in [4.78, 5) is 0. The van der Waals surface area contributed by atoms with Crippen LogP contribution in [0.4, 0.5) is 0 Å². The second-order valence-corrected chi connectivity index (χ2v) is 5.05. The molecule has 1 atom stereocenters. The summed E-state index contributed by atoms with van der Waals surface area (Å²) in [6.45, 7) is 6.50. The summed E-state index contributed by atoms with van der Waals surface area (Å²) >= 11 is 5.94. The van der Waals surface area contributed by atoms with E-state index in [1.165, 1.54) is 0 Å². The Morgan fingerprint density at radius 3 is 2.38 bits per heavy atom. The Morgan fingerprint density at radius 1 is 1.31 bits per heavy atom. The van der Waals surface area contributed by atoms with Crippen molar-refractivity contribution in [3.63, 3.8) is 0 Å². The molecule has 84 valence electrons. The number of rotatable bonds is 3. The fraction of sp³-hybridized carbons (Fsp3) is 0.500. The molecule has 0 fully saturated rings. The standard InChI is InChI=1S/C12H17ClNO.Na/c1-12(2,3)14-8-11(15)9-6-4-5-7-10(9)13;/h4-7,11,14H,8H2,1-3H3;/q-1;+1. The van der Waals surface area contributed by atoms with E-state index in [0.717, 1.165) is 0 Å². The van der Waals surface area contributed by atoms with Crippen LogP contribution in [0.25, 0.3) is 0 Å². The fourth-order valence-electron chi connectivity index (χ4n) is 1.25. The predicted molar refractivity (Wildman–Crippen MR) is 61.9 cm³/mol. The normalized spacial score (nSPS) is 13.1. The van der Waals surface area contributed by atoms with Gasteiger partial charge in [0, 0.05) is 10.6 Å². The molecule has 1 aromatic rings. The van der Waals surface area contributed by atoms with E-state index in [2.05, 4.69) is 5.32 Å². The van der Waals surface area contributed by atoms with Gasteiger partial charge in [0.1, 0.15) is 0 Å². The van der Waals surface area contributed by atoms with E-state index in [-0.39, 0.29) is 35.1 Å². The largest absolute Gasteiger partial charge is 1.00 e. The zero-order chi connectivity index (χ0) is 11.5. The molecule has 0 radical (unpaired) electrons. The minimum Gasteiger partial charge on any atom is -0.848 e. The molecule has 16 heavy (non-hydrogen) atoms. The van der Waals surface area contributed by atoms with Crippen molar-refractivity contribution in [3.8, 4) is 0 Å². The first-order valence-corrected chi connectivity index (χ1v) is 5.43. The smallest absolute Gasteiger partial charge is 0.848 e. The summed E-state index contributed by atoms with van der Waals surface area (Å²) in [6, 6.07) is 7.20. The monoisotopic (exact) mass is 249 g/mol. The third kappa shape index (κ3) is 5.67. The number of halogens is 1. The van der Waals surface area contributed by atoms with Crippen molar-refractivity contribution in [2.24, 2.45) is 0 Å². The molecule has 0 aliphatic carbocycles. The third-order valence-electron chi connectivity index (χ3n) is 2.07. The molecule has 0 amide bonds. The third-order valence-corrected chi connectivity index (χ3v) is 2.41. The van der Waals surface area contributed by atoms with E-state index in [0.29, 0.717) is 17.1 Å². The Labute approximate surface area is 125 Å². The molecule has 1 N–H and O–H groups in total. The number of hydrogen-bond donors (Lipinski definition) is 1. The van der Waals surface area contributed by atoms with Crippen LogP contribution in [0.15, 0.2) is 24.3 Å². The summed E-state index contributed by atoms with van der Waals surface area (Å²) in [5, 5.41) is 15.6. The van der Waals surface area contributed by atoms with Crippen LogP contribution < -0.4 is 40.0 Å². The van der Waals surface area contributed by atoms with Crippen molar-refractivity contribution in [3.05, 3.63) is 34.9 Å². The summed E-state index contributed by atoms with van der Waals surface area (Å²) < 4.78 is 0. The van der Waals surface area contributed by atoms with Gasteiger partial charge in [0.15, 0.2) is 0 Å². The number of nitrogens with one attached hydrogen (secondary N) is 1. The molecule has 1 rings (SSSR count). The van der Waals surface area contributed by atoms with Gasteiger partial charge >= 0.3 is 29.6 Å². The molecular weight excluding hydrogens is 233 g/mol. The van der Waals surface area contributed by atoms with Crippen LogP contribution in [-0.2, 0) is 0 Å². The van der Waals surface area contributed by atoms with Gasteiger partial charge in [0.05, 0.1) is 0 Å². The quantitative estimate of drug-likeness (QED) is 0.708. The fourth-order valence-corrected chi connectivity index (χ4v) is 1.50. The average molecular weight is 250 g/mol. The molecule has 4 heteroatoms. The minimum atomic E-state index is -0.807. The molecule has 2 nitrogen and oxygen atoms in total. The van der Waals surface area contributed by atoms with Gasteiger partial charge in [-0.05, 0) is 38.9 Å². The van der Waals surface area contributed by atoms with Crippen LogP contribution >= 0.6 is 11.6 Å². The van der Waals surface area contributed by atoms with E-state index < -0.39 is 6.10 Å². The molecule has 0 aromatic heterocycles. The summed E-state index contributed by atoms with van der Waals surface area (Å²) in [6.07, 6.45) is -0.807. The zero-order valence-electron chi connectivity index (χ0n) is 10.4. The summed E-state index contributed by atoms with van der Waals surface area (Å²) in [5.41, 5.74) is 0.625. The van der Waals surface area contributed by atoms with E-state index in [9.17, 15) is 5.11 Å². The Morgan fingerprint density at radius 2 is 1.88 bits per heavy atom. The molecule has 0 saturated heterocycles. The van der Waals surface area contributed by atoms with Crippen LogP contribution in [0.1, 0.15) is 32.4 Å². The van der Waals surface area contributed by atoms with Gasteiger partial charge in [0.25, 0.3) is 0 Å². The molecule has 0 aliphatic rings. The van der Waals surface area contributed by atoms with Crippen molar-refractivity contribution in [1.29, 1.82) is 0 Å². The molecule has 0 aliphatic heterocycles. The van der Waals surface area contributed by atoms with Crippen LogP contribution in [0, 0.1) is 0 Å². The topological polar surface area (TPSA) is 35.1 Å². The maximum Gasteiger partial charge on any atom is 1.00 e. The predicted octanol–water partition coefficient (Wildman–Crippen LogP) is -0.866. The van der Waals surface area contributed by atoms with Crippen molar-refractivity contribution in [2.45, 2.75) is 32.4 Å². The van der Waals surface area contributed by atoms with Crippen molar-refractivity contribution in [2.75, 3.05) is 6.54 Å². The molecule has 0 saturated carbocycles. The Hall–Kier alpha value is 0.430. The zero-order valence-corrected chi connectivity index (χ0v) is 13.1. The van der Waals surface area contributed by atoms with Crippen molar-refractivity contribution >= 4 is 11.6 Å². The minimum absolute atomic E-state index is 0. The Kier molecular flexibility index (Phi) is 7.18. The second kappa shape index (κ2) is 7.00. The van der Waals surface area contributed by atoms with E-state index in [1.54, 1.807) is 12.1 Å². The van der Waals surface area contributed by atoms with Gasteiger partial charge in [-0.3, -0.25) is 0 Å². The van der Waals surface area contributed by atoms with Gasteiger partial charge in [0.2, 0.25) is 0 Å². The van der Waals surface area contributed by atoms with Crippen molar-refractivity contribution in [1.82, 2.24) is 5.32 Å². The average Bonchev–Trinajstić information content (AvgIpc) is 2.14.